The molecule has 0 aromatic carbocycles. The minimum atomic E-state index is 0.570. The Morgan fingerprint density at radius 1 is 0.500 bits per heavy atom. The SMILES string of the molecule is COCCOCCOCCOCCOCCOCCN(C)C. The van der Waals surface area contributed by atoms with E-state index in [0.29, 0.717) is 66.1 Å². The third-order valence-corrected chi connectivity index (χ3v) is 2.60. The van der Waals surface area contributed by atoms with E-state index in [1.54, 1.807) is 7.11 Å². The van der Waals surface area contributed by atoms with Gasteiger partial charge in [-0.05, 0) is 14.1 Å². The van der Waals surface area contributed by atoms with Crippen molar-refractivity contribution in [2.45, 2.75) is 0 Å². The van der Waals surface area contributed by atoms with Crippen LogP contribution in [-0.2, 0) is 28.4 Å². The van der Waals surface area contributed by atoms with Gasteiger partial charge in [0.15, 0.2) is 0 Å². The van der Waals surface area contributed by atoms with Crippen LogP contribution < -0.4 is 0 Å². The minimum absolute atomic E-state index is 0.570. The smallest absolute Gasteiger partial charge is 0.0701 e. The Bertz CT molecular complexity index is 206. The highest BCUT2D eigenvalue weighted by Gasteiger charge is 1.94. The Kier molecular flexibility index (Phi) is 18.5. The van der Waals surface area contributed by atoms with Crippen molar-refractivity contribution in [3.05, 3.63) is 0 Å². The van der Waals surface area contributed by atoms with Gasteiger partial charge in [0.1, 0.15) is 0 Å². The third kappa shape index (κ3) is 19.7. The summed E-state index contributed by atoms with van der Waals surface area (Å²) >= 11 is 0. The van der Waals surface area contributed by atoms with Crippen LogP contribution in [0.15, 0.2) is 0 Å². The number of likely N-dealkylation sites (N-methyl/N-ethyl adjacent to an activating group) is 1. The van der Waals surface area contributed by atoms with Gasteiger partial charge in [0.25, 0.3) is 0 Å². The maximum absolute atomic E-state index is 5.40. The summed E-state index contributed by atoms with van der Waals surface area (Å²) in [6.07, 6.45) is 0. The first-order chi connectivity index (χ1) is 10.8. The van der Waals surface area contributed by atoms with Crippen LogP contribution in [0.3, 0.4) is 0 Å². The number of nitrogens with zero attached hydrogens (tertiary/aromatic N) is 1. The van der Waals surface area contributed by atoms with Crippen molar-refractivity contribution in [1.29, 1.82) is 0 Å². The first-order valence-corrected chi connectivity index (χ1v) is 7.79. The van der Waals surface area contributed by atoms with Crippen LogP contribution in [0.1, 0.15) is 0 Å². The Labute approximate surface area is 134 Å². The van der Waals surface area contributed by atoms with Crippen molar-refractivity contribution in [2.24, 2.45) is 0 Å². The van der Waals surface area contributed by atoms with Crippen molar-refractivity contribution < 1.29 is 28.4 Å². The summed E-state index contributed by atoms with van der Waals surface area (Å²) in [6, 6.07) is 0. The highest BCUT2D eigenvalue weighted by atomic mass is 16.6. The van der Waals surface area contributed by atoms with Crippen molar-refractivity contribution in [2.75, 3.05) is 100 Å². The predicted molar refractivity (Wildman–Crippen MR) is 84.5 cm³/mol. The average molecular weight is 323 g/mol. The van der Waals surface area contributed by atoms with E-state index in [1.807, 2.05) is 14.1 Å². The Morgan fingerprint density at radius 3 is 1.14 bits per heavy atom. The van der Waals surface area contributed by atoms with Gasteiger partial charge in [-0.15, -0.1) is 0 Å². The lowest BCUT2D eigenvalue weighted by Gasteiger charge is -2.10. The largest absolute Gasteiger partial charge is 0.382 e. The predicted octanol–water partition coefficient (Wildman–Crippen LogP) is 0.277. The second kappa shape index (κ2) is 18.8. The fraction of sp³-hybridized carbons (Fsp3) is 1.00. The monoisotopic (exact) mass is 323 g/mol. The number of methoxy groups -OCH3 is 1. The van der Waals surface area contributed by atoms with Crippen LogP contribution in [0.5, 0.6) is 0 Å². The van der Waals surface area contributed by atoms with E-state index in [9.17, 15) is 0 Å². The van der Waals surface area contributed by atoms with Gasteiger partial charge in [-0.2, -0.15) is 0 Å². The Morgan fingerprint density at radius 2 is 0.818 bits per heavy atom. The lowest BCUT2D eigenvalue weighted by Crippen LogP contribution is -2.19. The molecule has 0 bridgehead atoms. The molecule has 0 fully saturated rings. The standard InChI is InChI=1S/C15H33NO6/c1-16(2)4-5-18-8-9-20-12-13-22-15-14-21-11-10-19-7-6-17-3/h4-15H2,1-3H3. The van der Waals surface area contributed by atoms with Crippen LogP contribution in [0.2, 0.25) is 0 Å². The zero-order valence-corrected chi connectivity index (χ0v) is 14.4. The van der Waals surface area contributed by atoms with E-state index in [2.05, 4.69) is 4.90 Å². The summed E-state index contributed by atoms with van der Waals surface area (Å²) in [4.78, 5) is 2.09. The molecule has 0 aliphatic carbocycles. The molecule has 0 aromatic rings. The van der Waals surface area contributed by atoms with E-state index >= 15 is 0 Å². The van der Waals surface area contributed by atoms with Gasteiger partial charge in [-0.3, -0.25) is 0 Å². The molecule has 0 N–H and O–H groups in total. The molecule has 0 rings (SSSR count). The molecule has 7 nitrogen and oxygen atoms in total. The molecule has 0 aliphatic heterocycles. The molecule has 0 amide bonds. The molecule has 134 valence electrons. The van der Waals surface area contributed by atoms with Crippen LogP contribution in [0, 0.1) is 0 Å². The molecule has 0 aromatic heterocycles. The normalized spacial score (nSPS) is 11.5. The van der Waals surface area contributed by atoms with Gasteiger partial charge in [0.05, 0.1) is 72.7 Å². The van der Waals surface area contributed by atoms with E-state index in [0.717, 1.165) is 13.2 Å². The van der Waals surface area contributed by atoms with Crippen molar-refractivity contribution in [3.63, 3.8) is 0 Å². The van der Waals surface area contributed by atoms with Gasteiger partial charge in [0, 0.05) is 13.7 Å². The van der Waals surface area contributed by atoms with Crippen LogP contribution >= 0.6 is 0 Å². The highest BCUT2D eigenvalue weighted by molar-refractivity contribution is 4.40. The zero-order chi connectivity index (χ0) is 16.3. The zero-order valence-electron chi connectivity index (χ0n) is 14.4. The van der Waals surface area contributed by atoms with Crippen molar-refractivity contribution in [3.8, 4) is 0 Å². The van der Waals surface area contributed by atoms with Crippen LogP contribution in [0.4, 0.5) is 0 Å². The quantitative estimate of drug-likeness (QED) is 0.336. The third-order valence-electron chi connectivity index (χ3n) is 2.60. The van der Waals surface area contributed by atoms with Gasteiger partial charge < -0.3 is 33.3 Å². The van der Waals surface area contributed by atoms with E-state index in [4.69, 9.17) is 28.4 Å². The second-order valence-electron chi connectivity index (χ2n) is 4.86. The summed E-state index contributed by atoms with van der Waals surface area (Å²) in [5.41, 5.74) is 0. The molecular formula is C15H33NO6. The molecule has 0 saturated heterocycles. The molecule has 0 saturated carbocycles. The van der Waals surface area contributed by atoms with Crippen molar-refractivity contribution in [1.82, 2.24) is 4.90 Å². The summed E-state index contributed by atoms with van der Waals surface area (Å²) in [7, 11) is 5.70. The Hall–Kier alpha value is -0.280. The molecule has 0 aliphatic rings. The molecule has 22 heavy (non-hydrogen) atoms. The number of hydrogen-bond donors (Lipinski definition) is 0. The van der Waals surface area contributed by atoms with Crippen LogP contribution in [0.25, 0.3) is 0 Å². The number of rotatable bonds is 18. The lowest BCUT2D eigenvalue weighted by atomic mass is 10.6. The highest BCUT2D eigenvalue weighted by Crippen LogP contribution is 1.84. The van der Waals surface area contributed by atoms with Crippen LogP contribution in [-0.4, -0.2) is 105 Å². The van der Waals surface area contributed by atoms with Crippen molar-refractivity contribution >= 4 is 0 Å². The maximum atomic E-state index is 5.40. The summed E-state index contributed by atoms with van der Waals surface area (Å²) in [6.45, 7) is 7.57. The first kappa shape index (κ1) is 21.7. The van der Waals surface area contributed by atoms with E-state index < -0.39 is 0 Å². The van der Waals surface area contributed by atoms with Gasteiger partial charge in [0.2, 0.25) is 0 Å². The van der Waals surface area contributed by atoms with Gasteiger partial charge >= 0.3 is 0 Å². The molecule has 7 heteroatoms. The average Bonchev–Trinajstić information content (AvgIpc) is 2.50. The van der Waals surface area contributed by atoms with E-state index in [-0.39, 0.29) is 0 Å². The summed E-state index contributed by atoms with van der Waals surface area (Å²) < 4.78 is 31.6. The molecule has 0 unspecified atom stereocenters. The minimum Gasteiger partial charge on any atom is -0.382 e. The van der Waals surface area contributed by atoms with Gasteiger partial charge in [-0.1, -0.05) is 0 Å². The molecule has 0 heterocycles. The topological polar surface area (TPSA) is 58.6 Å². The van der Waals surface area contributed by atoms with Gasteiger partial charge in [-0.25, -0.2) is 0 Å². The molecule has 0 radical (unpaired) electrons. The number of hydrogen-bond acceptors (Lipinski definition) is 7. The maximum Gasteiger partial charge on any atom is 0.0701 e. The lowest BCUT2D eigenvalue weighted by molar-refractivity contribution is -0.0151. The number of ether oxygens (including phenoxy) is 6. The fourth-order valence-corrected chi connectivity index (χ4v) is 1.37. The first-order valence-electron chi connectivity index (χ1n) is 7.79. The van der Waals surface area contributed by atoms with E-state index in [1.165, 1.54) is 0 Å². The molecular weight excluding hydrogens is 290 g/mol. The molecule has 0 spiro atoms. The molecule has 0 atom stereocenters. The Balaban J connectivity index is 2.94. The summed E-state index contributed by atoms with van der Waals surface area (Å²) in [5, 5.41) is 0. The fourth-order valence-electron chi connectivity index (χ4n) is 1.37. The summed E-state index contributed by atoms with van der Waals surface area (Å²) in [5.74, 6) is 0. The second-order valence-corrected chi connectivity index (χ2v) is 4.86.